The zero-order chi connectivity index (χ0) is 18.2. The van der Waals surface area contributed by atoms with Gasteiger partial charge in [-0.1, -0.05) is 0 Å². The molecule has 0 heterocycles. The number of likely N-dealkylation sites (N-methyl/N-ethyl adjacent to an activating group) is 1. The molecule has 0 aliphatic heterocycles. The number of carbonyl (C=O) groups is 1. The van der Waals surface area contributed by atoms with Crippen molar-refractivity contribution in [3.05, 3.63) is 0 Å². The van der Waals surface area contributed by atoms with Crippen LogP contribution in [0.25, 0.3) is 0 Å². The average molecular weight is 342 g/mol. The van der Waals surface area contributed by atoms with Gasteiger partial charge in [0.15, 0.2) is 6.04 Å². The summed E-state index contributed by atoms with van der Waals surface area (Å²) < 4.78 is 37.0. The van der Waals surface area contributed by atoms with E-state index in [-0.39, 0.29) is 12.0 Å². The molecule has 1 unspecified atom stereocenters. The molecule has 1 atom stereocenters. The minimum atomic E-state index is -4.41. The second kappa shape index (κ2) is 9.41. The molecule has 134 valence electrons. The van der Waals surface area contributed by atoms with Crippen molar-refractivity contribution < 1.29 is 31.2 Å². The van der Waals surface area contributed by atoms with Gasteiger partial charge in [-0.15, -0.1) is 0 Å². The number of esters is 1. The van der Waals surface area contributed by atoms with E-state index in [1.807, 2.05) is 41.9 Å². The first-order valence-corrected chi connectivity index (χ1v) is 8.23. The van der Waals surface area contributed by atoms with E-state index >= 15 is 0 Å². The van der Waals surface area contributed by atoms with Crippen LogP contribution in [-0.4, -0.2) is 69.9 Å². The van der Waals surface area contributed by atoms with Gasteiger partial charge in [-0.05, 0) is 33.7 Å². The maximum atomic E-state index is 12.0. The second-order valence-electron chi connectivity index (χ2n) is 6.67. The van der Waals surface area contributed by atoms with Gasteiger partial charge in [0.25, 0.3) is 0 Å². The maximum Gasteiger partial charge on any atom is 0.365 e. The molecule has 0 aromatic carbocycles. The Kier molecular flexibility index (Phi) is 10.1. The molecule has 0 amide bonds. The van der Waals surface area contributed by atoms with Crippen molar-refractivity contribution in [2.24, 2.45) is 5.73 Å². The molecule has 8 nitrogen and oxygen atoms in total. The summed E-state index contributed by atoms with van der Waals surface area (Å²) in [5.74, 6) is -0.131. The highest BCUT2D eigenvalue weighted by molar-refractivity contribution is 7.80. The van der Waals surface area contributed by atoms with Gasteiger partial charge in [0.05, 0.1) is 28.3 Å². The lowest BCUT2D eigenvalue weighted by atomic mass is 10.1. The molecular formula is C13H30N2O6S. The van der Waals surface area contributed by atoms with Crippen LogP contribution >= 0.6 is 0 Å². The van der Waals surface area contributed by atoms with Crippen molar-refractivity contribution in [1.82, 2.24) is 0 Å². The first-order valence-electron chi connectivity index (χ1n) is 6.89. The van der Waals surface area contributed by atoms with Crippen LogP contribution in [-0.2, 0) is 24.1 Å². The van der Waals surface area contributed by atoms with E-state index in [1.54, 1.807) is 0 Å². The zero-order valence-electron chi connectivity index (χ0n) is 14.6. The second-order valence-corrected chi connectivity index (χ2v) is 7.82. The van der Waals surface area contributed by atoms with Crippen molar-refractivity contribution in [2.45, 2.75) is 45.3 Å². The number of hydrogen-bond donors (Lipinski definition) is 1. The summed E-state index contributed by atoms with van der Waals surface area (Å²) in [5, 5.41) is 0. The van der Waals surface area contributed by atoms with E-state index in [4.69, 9.17) is 10.5 Å². The first kappa shape index (κ1) is 23.5. The zero-order valence-corrected chi connectivity index (χ0v) is 15.4. The fraction of sp³-hybridized carbons (Fsp3) is 0.923. The fourth-order valence-corrected chi connectivity index (χ4v) is 1.50. The lowest BCUT2D eigenvalue weighted by molar-refractivity contribution is -0.887. The molecule has 2 N–H and O–H groups in total. The Morgan fingerprint density at radius 1 is 1.27 bits per heavy atom. The van der Waals surface area contributed by atoms with Crippen LogP contribution in [0.4, 0.5) is 0 Å². The Hall–Kier alpha value is -0.740. The molecule has 0 bridgehead atoms. The molecule has 22 heavy (non-hydrogen) atoms. The quantitative estimate of drug-likeness (QED) is 0.318. The van der Waals surface area contributed by atoms with Crippen LogP contribution in [0.1, 0.15) is 33.6 Å². The molecule has 0 aliphatic carbocycles. The Morgan fingerprint density at radius 2 is 1.68 bits per heavy atom. The summed E-state index contributed by atoms with van der Waals surface area (Å²) in [6, 6.07) is -0.136. The highest BCUT2D eigenvalue weighted by Gasteiger charge is 2.34. The summed E-state index contributed by atoms with van der Waals surface area (Å²) in [6.07, 6.45) is 1.62. The molecule has 0 aromatic heterocycles. The average Bonchev–Trinajstić information content (AvgIpc) is 2.25. The number of nitrogens with two attached hydrogens (primary N) is 1. The predicted octanol–water partition coefficient (Wildman–Crippen LogP) is 0.235. The summed E-state index contributed by atoms with van der Waals surface area (Å²) in [7, 11) is 2.41. The lowest BCUT2D eigenvalue weighted by Crippen LogP contribution is -2.51. The van der Waals surface area contributed by atoms with Gasteiger partial charge in [0, 0.05) is 6.42 Å². The molecule has 0 radical (unpaired) electrons. The van der Waals surface area contributed by atoms with Gasteiger partial charge in [0.1, 0.15) is 5.60 Å². The van der Waals surface area contributed by atoms with Gasteiger partial charge >= 0.3 is 5.97 Å². The highest BCUT2D eigenvalue weighted by Crippen LogP contribution is 2.16. The van der Waals surface area contributed by atoms with Crippen LogP contribution in [0.5, 0.6) is 0 Å². The van der Waals surface area contributed by atoms with Crippen LogP contribution in [0.15, 0.2) is 0 Å². The topological polar surface area (TPSA) is 119 Å². The third kappa shape index (κ3) is 14.2. The number of ether oxygens (including phenoxy) is 1. The lowest BCUT2D eigenvalue weighted by Gasteiger charge is -2.34. The molecule has 0 fully saturated rings. The highest BCUT2D eigenvalue weighted by atomic mass is 32.3. The SMILES string of the molecule is CC(C)(C)OC(=O)C(CCCN)[N+](C)(C)C.COS(=O)(=O)[O-]. The van der Waals surface area contributed by atoms with Gasteiger partial charge in [0.2, 0.25) is 10.4 Å². The fourth-order valence-electron chi connectivity index (χ4n) is 1.50. The van der Waals surface area contributed by atoms with Gasteiger partial charge < -0.3 is 19.5 Å². The number of quaternary nitrogens is 1. The normalized spacial score (nSPS) is 13.9. The third-order valence-corrected chi connectivity index (χ3v) is 2.91. The van der Waals surface area contributed by atoms with E-state index < -0.39 is 16.0 Å². The first-order chi connectivity index (χ1) is 9.64. The summed E-state index contributed by atoms with van der Waals surface area (Å²) >= 11 is 0. The summed E-state index contributed by atoms with van der Waals surface area (Å²) in [4.78, 5) is 12.0. The van der Waals surface area contributed by atoms with Crippen molar-refractivity contribution >= 4 is 16.4 Å². The van der Waals surface area contributed by atoms with E-state index in [0.29, 0.717) is 11.0 Å². The van der Waals surface area contributed by atoms with E-state index in [9.17, 15) is 17.8 Å². The number of nitrogens with zero attached hydrogens (tertiary/aromatic N) is 1. The van der Waals surface area contributed by atoms with Crippen LogP contribution in [0, 0.1) is 0 Å². The molecule has 9 heteroatoms. The van der Waals surface area contributed by atoms with Crippen LogP contribution < -0.4 is 5.73 Å². The third-order valence-electron chi connectivity index (χ3n) is 2.50. The summed E-state index contributed by atoms with van der Waals surface area (Å²) in [5.41, 5.74) is 5.07. The standard InChI is InChI=1S/C12H27N2O2.CH4O4S/c1-12(2,3)16-11(15)10(8-7-9-13)14(4,5)6;1-5-6(2,3)4/h10H,7-9,13H2,1-6H3;1H3,(H,2,3,4)/q+1;/p-1. The Labute approximate surface area is 134 Å². The minimum Gasteiger partial charge on any atom is -0.726 e. The maximum absolute atomic E-state index is 12.0. The van der Waals surface area contributed by atoms with Crippen LogP contribution in [0.2, 0.25) is 0 Å². The molecular weight excluding hydrogens is 312 g/mol. The van der Waals surface area contributed by atoms with E-state index in [1.165, 1.54) is 0 Å². The van der Waals surface area contributed by atoms with Gasteiger partial charge in [-0.25, -0.2) is 13.2 Å². The van der Waals surface area contributed by atoms with Crippen molar-refractivity contribution in [2.75, 3.05) is 34.8 Å². The number of hydrogen-bond acceptors (Lipinski definition) is 7. The predicted molar refractivity (Wildman–Crippen MR) is 82.7 cm³/mol. The van der Waals surface area contributed by atoms with Crippen molar-refractivity contribution in [3.63, 3.8) is 0 Å². The molecule has 0 aromatic rings. The Bertz CT molecular complexity index is 423. The van der Waals surface area contributed by atoms with E-state index in [0.717, 1.165) is 20.0 Å². The van der Waals surface area contributed by atoms with Gasteiger partial charge in [-0.2, -0.15) is 0 Å². The minimum absolute atomic E-state index is 0.131. The molecule has 0 rings (SSSR count). The Balaban J connectivity index is 0. The van der Waals surface area contributed by atoms with Crippen LogP contribution in [0.3, 0.4) is 0 Å². The molecule has 0 aliphatic rings. The summed E-state index contributed by atoms with van der Waals surface area (Å²) in [6.45, 7) is 6.28. The number of carbonyl (C=O) groups excluding carboxylic acids is 1. The molecule has 0 saturated carbocycles. The Morgan fingerprint density at radius 3 is 1.91 bits per heavy atom. The number of rotatable bonds is 6. The molecule has 0 spiro atoms. The molecule has 0 saturated heterocycles. The van der Waals surface area contributed by atoms with E-state index in [2.05, 4.69) is 4.18 Å². The smallest absolute Gasteiger partial charge is 0.365 e. The van der Waals surface area contributed by atoms with Crippen molar-refractivity contribution in [3.8, 4) is 0 Å². The van der Waals surface area contributed by atoms with Gasteiger partial charge in [-0.3, -0.25) is 4.18 Å². The monoisotopic (exact) mass is 342 g/mol. The van der Waals surface area contributed by atoms with Crippen molar-refractivity contribution in [1.29, 1.82) is 0 Å². The largest absolute Gasteiger partial charge is 0.726 e.